The van der Waals surface area contributed by atoms with E-state index in [9.17, 15) is 0 Å². The Kier molecular flexibility index (Phi) is 11.1. The highest BCUT2D eigenvalue weighted by Gasteiger charge is 2.19. The second-order valence-electron chi connectivity index (χ2n) is 0.676. The molecule has 0 aromatic rings. The smallest absolute Gasteiger partial charge is 0.130 e. The molecular formula is HCl7Si2. The van der Waals surface area contributed by atoms with E-state index < -0.39 is 12.0 Å². The van der Waals surface area contributed by atoms with E-state index in [1.807, 2.05) is 0 Å². The minimum atomic E-state index is -2.72. The van der Waals surface area contributed by atoms with Crippen molar-refractivity contribution in [3.63, 3.8) is 0 Å². The van der Waals surface area contributed by atoms with Gasteiger partial charge in [0.2, 0.25) is 0 Å². The van der Waals surface area contributed by atoms with Crippen LogP contribution in [0.3, 0.4) is 0 Å². The predicted octanol–water partition coefficient (Wildman–Crippen LogP) is 3.80. The highest BCUT2D eigenvalue weighted by Crippen LogP contribution is 2.23. The maximum Gasteiger partial charge on any atom is 0.440 e. The van der Waals surface area contributed by atoms with Gasteiger partial charge in [-0.15, -0.1) is 77.6 Å². The fourth-order valence-corrected chi connectivity index (χ4v) is 0. The molecule has 0 heterocycles. The Bertz CT molecular complexity index is 43.7. The van der Waals surface area contributed by atoms with Gasteiger partial charge in [0.25, 0.3) is 0 Å². The molecule has 0 atom stereocenters. The molecule has 0 nitrogen and oxygen atoms in total. The van der Waals surface area contributed by atoms with Crippen LogP contribution < -0.4 is 0 Å². The average Bonchev–Trinajstić information content (AvgIpc) is 1.19. The Morgan fingerprint density at radius 2 is 0.778 bits per heavy atom. The quantitative estimate of drug-likeness (QED) is 0.472. The minimum Gasteiger partial charge on any atom is -0.130 e. The highest BCUT2D eigenvalue weighted by atomic mass is 36.0. The van der Waals surface area contributed by atoms with E-state index in [0.717, 1.165) is 0 Å². The van der Waals surface area contributed by atoms with Crippen molar-refractivity contribution >= 4 is 89.6 Å². The summed E-state index contributed by atoms with van der Waals surface area (Å²) in [6.07, 6.45) is 0. The van der Waals surface area contributed by atoms with Crippen LogP contribution in [0.1, 0.15) is 0 Å². The Morgan fingerprint density at radius 1 is 0.778 bits per heavy atom. The van der Waals surface area contributed by atoms with Crippen LogP contribution in [0, 0.1) is 0 Å². The summed E-state index contributed by atoms with van der Waals surface area (Å²) in [5.74, 6) is 0. The fraction of sp³-hybridized carbons (Fsp3) is 0. The van der Waals surface area contributed by atoms with Gasteiger partial charge in [-0.1, -0.05) is 0 Å². The highest BCUT2D eigenvalue weighted by molar-refractivity contribution is 7.81. The van der Waals surface area contributed by atoms with E-state index in [1.165, 1.54) is 0 Å². The molecule has 0 amide bonds. The zero-order valence-corrected chi connectivity index (χ0v) is 11.2. The second-order valence-corrected chi connectivity index (χ2v) is 18.3. The normalized spacial score (nSPS) is 10.7. The van der Waals surface area contributed by atoms with Gasteiger partial charge in [-0.3, -0.25) is 0 Å². The van der Waals surface area contributed by atoms with Gasteiger partial charge >= 0.3 is 12.0 Å². The molecule has 0 aromatic carbocycles. The van der Waals surface area contributed by atoms with Crippen molar-refractivity contribution in [2.45, 2.75) is 0 Å². The molecule has 0 bridgehead atoms. The third-order valence-electron chi connectivity index (χ3n) is 0. The number of hydrogen-bond acceptors (Lipinski definition) is 0. The van der Waals surface area contributed by atoms with E-state index in [1.54, 1.807) is 0 Å². The van der Waals surface area contributed by atoms with Crippen LogP contribution in [0.15, 0.2) is 0 Å². The molecule has 0 radical (unpaired) electrons. The molecule has 0 saturated heterocycles. The Morgan fingerprint density at radius 3 is 0.778 bits per heavy atom. The van der Waals surface area contributed by atoms with Crippen LogP contribution >= 0.6 is 77.6 Å². The molecule has 0 spiro atoms. The molecule has 0 rings (SSSR count). The van der Waals surface area contributed by atoms with Gasteiger partial charge < -0.3 is 0 Å². The summed E-state index contributed by atoms with van der Waals surface area (Å²) < 4.78 is 0. The zero-order chi connectivity index (χ0) is 8.08. The Labute approximate surface area is 88.8 Å². The average molecular weight is 305 g/mol. The molecule has 0 saturated carbocycles. The monoisotopic (exact) mass is 302 g/mol. The first-order valence-corrected chi connectivity index (χ1v) is 12.7. The molecule has 0 aromatic heterocycles. The van der Waals surface area contributed by atoms with Gasteiger partial charge in [0.05, 0.1) is 0 Å². The summed E-state index contributed by atoms with van der Waals surface area (Å²) in [6, 6.07) is 0. The standard InChI is InChI=1S/Cl4Si.Cl3HSi/c1-5(2,3)4;1-4(2)3/h;4H. The molecule has 0 fully saturated rings. The number of halogens is 7. The predicted molar refractivity (Wildman–Crippen MR) is 53.9 cm³/mol. The van der Waals surface area contributed by atoms with Crippen molar-refractivity contribution in [3.05, 3.63) is 0 Å². The molecule has 0 aliphatic heterocycles. The van der Waals surface area contributed by atoms with Crippen molar-refractivity contribution in [1.29, 1.82) is 0 Å². The van der Waals surface area contributed by atoms with Gasteiger partial charge in [-0.05, 0) is 0 Å². The molecule has 58 valence electrons. The van der Waals surface area contributed by atoms with E-state index in [0.29, 0.717) is 0 Å². The molecule has 0 aliphatic carbocycles. The van der Waals surface area contributed by atoms with Crippen LogP contribution in [0.2, 0.25) is 0 Å². The van der Waals surface area contributed by atoms with Crippen molar-refractivity contribution in [2.24, 2.45) is 0 Å². The van der Waals surface area contributed by atoms with Gasteiger partial charge in [0.15, 0.2) is 0 Å². The lowest BCUT2D eigenvalue weighted by Gasteiger charge is -1.85. The van der Waals surface area contributed by atoms with Crippen LogP contribution in [0.25, 0.3) is 0 Å². The molecule has 0 N–H and O–H groups in total. The van der Waals surface area contributed by atoms with Crippen molar-refractivity contribution in [3.8, 4) is 0 Å². The van der Waals surface area contributed by atoms with Crippen molar-refractivity contribution < 1.29 is 0 Å². The van der Waals surface area contributed by atoms with Gasteiger partial charge in [0, 0.05) is 0 Å². The van der Waals surface area contributed by atoms with Crippen LogP contribution in [-0.4, -0.2) is 12.0 Å². The fourth-order valence-electron chi connectivity index (χ4n) is 0. The summed E-state index contributed by atoms with van der Waals surface area (Å²) in [5.41, 5.74) is 0. The van der Waals surface area contributed by atoms with Crippen LogP contribution in [-0.2, 0) is 0 Å². The van der Waals surface area contributed by atoms with Gasteiger partial charge in [0.1, 0.15) is 0 Å². The van der Waals surface area contributed by atoms with Crippen LogP contribution in [0.4, 0.5) is 0 Å². The number of hydrogen-bond donors (Lipinski definition) is 0. The Hall–Kier alpha value is 2.46. The molecule has 0 aliphatic rings. The molecule has 9 heavy (non-hydrogen) atoms. The van der Waals surface area contributed by atoms with E-state index >= 15 is 0 Å². The zero-order valence-electron chi connectivity index (χ0n) is 3.72. The molecule has 0 unspecified atom stereocenters. The van der Waals surface area contributed by atoms with Crippen molar-refractivity contribution in [1.82, 2.24) is 0 Å². The lowest BCUT2D eigenvalue weighted by Crippen LogP contribution is -1.91. The summed E-state index contributed by atoms with van der Waals surface area (Å²) in [4.78, 5) is 0. The lowest BCUT2D eigenvalue weighted by molar-refractivity contribution is 3.80. The summed E-state index contributed by atoms with van der Waals surface area (Å²) in [6.45, 7) is -1.72. The maximum absolute atomic E-state index is 4.97. The lowest BCUT2D eigenvalue weighted by atomic mass is 27.6. The van der Waals surface area contributed by atoms with Gasteiger partial charge in [-0.2, -0.15) is 0 Å². The van der Waals surface area contributed by atoms with E-state index in [-0.39, 0.29) is 0 Å². The first kappa shape index (κ1) is 14.0. The first-order chi connectivity index (χ1) is 3.73. The SMILES string of the molecule is Cl[SiH](Cl)Cl.Cl[Si](Cl)(Cl)Cl. The van der Waals surface area contributed by atoms with E-state index in [4.69, 9.17) is 77.6 Å². The summed E-state index contributed by atoms with van der Waals surface area (Å²) >= 11 is 34.7. The molecular weight excluding hydrogens is 304 g/mol. The minimum absolute atomic E-state index is 1.72. The second kappa shape index (κ2) is 7.13. The maximum atomic E-state index is 4.97. The largest absolute Gasteiger partial charge is 0.440 e. The van der Waals surface area contributed by atoms with Crippen LogP contribution in [0.5, 0.6) is 0 Å². The third-order valence-corrected chi connectivity index (χ3v) is 0. The van der Waals surface area contributed by atoms with Gasteiger partial charge in [-0.25, -0.2) is 0 Å². The topological polar surface area (TPSA) is 0 Å². The third kappa shape index (κ3) is 123. The number of rotatable bonds is 0. The molecule has 9 heteroatoms. The Balaban J connectivity index is 0. The summed E-state index contributed by atoms with van der Waals surface area (Å²) in [7, 11) is 0. The van der Waals surface area contributed by atoms with Crippen molar-refractivity contribution in [2.75, 3.05) is 0 Å². The van der Waals surface area contributed by atoms with E-state index in [2.05, 4.69) is 0 Å². The first-order valence-electron chi connectivity index (χ1n) is 1.41. The summed E-state index contributed by atoms with van der Waals surface area (Å²) in [5, 5.41) is -2.72.